The van der Waals surface area contributed by atoms with Crippen LogP contribution in [-0.4, -0.2) is 24.0 Å². The van der Waals surface area contributed by atoms with E-state index in [2.05, 4.69) is 21.6 Å². The van der Waals surface area contributed by atoms with Crippen LogP contribution < -0.4 is 10.6 Å². The van der Waals surface area contributed by atoms with Gasteiger partial charge in [0.1, 0.15) is 11.6 Å². The standard InChI is InChI=1S/C20H23F2N3O/c21-17-8-9-19(18(22)12-17)24-20(26)23-13-15-6-2-3-7-16(15)14-25-10-4-1-5-11-25/h2-3,6-9,12H,1,4-5,10-11,13-14H2,(H2,23,24,26). The van der Waals surface area contributed by atoms with E-state index in [4.69, 9.17) is 0 Å². The van der Waals surface area contributed by atoms with Gasteiger partial charge in [0.25, 0.3) is 0 Å². The molecule has 2 aromatic rings. The number of piperidine rings is 1. The Bertz CT molecular complexity index is 760. The summed E-state index contributed by atoms with van der Waals surface area (Å²) in [7, 11) is 0. The zero-order valence-electron chi connectivity index (χ0n) is 14.6. The Balaban J connectivity index is 1.57. The van der Waals surface area contributed by atoms with Crippen molar-refractivity contribution in [1.82, 2.24) is 10.2 Å². The topological polar surface area (TPSA) is 44.4 Å². The first-order valence-electron chi connectivity index (χ1n) is 8.91. The molecule has 0 spiro atoms. The quantitative estimate of drug-likeness (QED) is 0.837. The second-order valence-electron chi connectivity index (χ2n) is 6.54. The van der Waals surface area contributed by atoms with Gasteiger partial charge in [0.2, 0.25) is 0 Å². The summed E-state index contributed by atoms with van der Waals surface area (Å²) in [6.45, 7) is 3.42. The molecule has 0 saturated carbocycles. The highest BCUT2D eigenvalue weighted by Gasteiger charge is 2.13. The lowest BCUT2D eigenvalue weighted by Crippen LogP contribution is -2.31. The van der Waals surface area contributed by atoms with E-state index in [9.17, 15) is 13.6 Å². The largest absolute Gasteiger partial charge is 0.334 e. The molecule has 4 nitrogen and oxygen atoms in total. The predicted octanol–water partition coefficient (Wildman–Crippen LogP) is 4.27. The smallest absolute Gasteiger partial charge is 0.319 e. The average molecular weight is 359 g/mol. The number of hydrogen-bond acceptors (Lipinski definition) is 2. The van der Waals surface area contributed by atoms with Crippen LogP contribution in [0, 0.1) is 11.6 Å². The molecule has 1 aliphatic heterocycles. The molecule has 0 aromatic heterocycles. The molecule has 2 aromatic carbocycles. The third-order valence-corrected chi connectivity index (χ3v) is 4.58. The van der Waals surface area contributed by atoms with Crippen molar-refractivity contribution in [2.24, 2.45) is 0 Å². The summed E-state index contributed by atoms with van der Waals surface area (Å²) in [5.74, 6) is -1.48. The van der Waals surface area contributed by atoms with E-state index in [0.717, 1.165) is 37.3 Å². The number of halogens is 2. The maximum atomic E-state index is 13.6. The van der Waals surface area contributed by atoms with Gasteiger partial charge in [-0.3, -0.25) is 4.90 Å². The molecule has 0 atom stereocenters. The summed E-state index contributed by atoms with van der Waals surface area (Å²) in [4.78, 5) is 14.5. The molecule has 0 radical (unpaired) electrons. The third kappa shape index (κ3) is 5.02. The summed E-state index contributed by atoms with van der Waals surface area (Å²) in [5.41, 5.74) is 2.17. The van der Waals surface area contributed by atoms with E-state index >= 15 is 0 Å². The maximum Gasteiger partial charge on any atom is 0.319 e. The molecule has 0 bridgehead atoms. The van der Waals surface area contributed by atoms with Crippen LogP contribution in [0.3, 0.4) is 0 Å². The first kappa shape index (κ1) is 18.3. The van der Waals surface area contributed by atoms with Crippen molar-refractivity contribution < 1.29 is 13.6 Å². The fourth-order valence-electron chi connectivity index (χ4n) is 3.18. The second kappa shape index (κ2) is 8.76. The summed E-state index contributed by atoms with van der Waals surface area (Å²) in [6, 6.07) is 10.5. The van der Waals surface area contributed by atoms with Crippen molar-refractivity contribution >= 4 is 11.7 Å². The summed E-state index contributed by atoms with van der Waals surface area (Å²) < 4.78 is 26.5. The lowest BCUT2D eigenvalue weighted by Gasteiger charge is -2.27. The van der Waals surface area contributed by atoms with Gasteiger partial charge in [-0.25, -0.2) is 13.6 Å². The number of amides is 2. The molecule has 2 N–H and O–H groups in total. The number of nitrogens with one attached hydrogen (secondary N) is 2. The molecule has 1 saturated heterocycles. The van der Waals surface area contributed by atoms with Crippen LogP contribution in [0.25, 0.3) is 0 Å². The predicted molar refractivity (Wildman–Crippen MR) is 97.8 cm³/mol. The van der Waals surface area contributed by atoms with Crippen molar-refractivity contribution in [2.45, 2.75) is 32.4 Å². The van der Waals surface area contributed by atoms with E-state index < -0.39 is 17.7 Å². The number of nitrogens with zero attached hydrogens (tertiary/aromatic N) is 1. The van der Waals surface area contributed by atoms with Crippen LogP contribution in [0.2, 0.25) is 0 Å². The van der Waals surface area contributed by atoms with Crippen LogP contribution in [0.5, 0.6) is 0 Å². The number of carbonyl (C=O) groups is 1. The number of likely N-dealkylation sites (tertiary alicyclic amines) is 1. The van der Waals surface area contributed by atoms with Crippen LogP contribution in [0.15, 0.2) is 42.5 Å². The number of urea groups is 1. The minimum Gasteiger partial charge on any atom is -0.334 e. The van der Waals surface area contributed by atoms with Crippen molar-refractivity contribution in [1.29, 1.82) is 0 Å². The van der Waals surface area contributed by atoms with Crippen LogP contribution in [-0.2, 0) is 13.1 Å². The number of anilines is 1. The fraction of sp³-hybridized carbons (Fsp3) is 0.350. The molecular weight excluding hydrogens is 336 g/mol. The van der Waals surface area contributed by atoms with E-state index in [0.29, 0.717) is 6.54 Å². The average Bonchev–Trinajstić information content (AvgIpc) is 2.64. The van der Waals surface area contributed by atoms with Gasteiger partial charge in [-0.15, -0.1) is 0 Å². The molecule has 0 unspecified atom stereocenters. The molecular formula is C20H23F2N3O. The molecule has 1 fully saturated rings. The molecule has 2 amide bonds. The summed E-state index contributed by atoms with van der Waals surface area (Å²) >= 11 is 0. The summed E-state index contributed by atoms with van der Waals surface area (Å²) in [5, 5.41) is 5.14. The van der Waals surface area contributed by atoms with Gasteiger partial charge in [0.05, 0.1) is 5.69 Å². The number of hydrogen-bond donors (Lipinski definition) is 2. The van der Waals surface area contributed by atoms with Crippen LogP contribution >= 0.6 is 0 Å². The van der Waals surface area contributed by atoms with Gasteiger partial charge in [0, 0.05) is 19.2 Å². The number of benzene rings is 2. The van der Waals surface area contributed by atoms with Crippen molar-refractivity contribution in [3.8, 4) is 0 Å². The lowest BCUT2D eigenvalue weighted by atomic mass is 10.0. The molecule has 1 heterocycles. The van der Waals surface area contributed by atoms with E-state index in [1.165, 1.54) is 30.9 Å². The zero-order valence-corrected chi connectivity index (χ0v) is 14.6. The SMILES string of the molecule is O=C(NCc1ccccc1CN1CCCCC1)Nc1ccc(F)cc1F. The maximum absolute atomic E-state index is 13.6. The number of carbonyl (C=O) groups excluding carboxylic acids is 1. The molecule has 1 aliphatic rings. The Labute approximate surface area is 152 Å². The van der Waals surface area contributed by atoms with Gasteiger partial charge in [-0.05, 0) is 49.2 Å². The Morgan fingerprint density at radius 3 is 2.46 bits per heavy atom. The Morgan fingerprint density at radius 1 is 1.00 bits per heavy atom. The molecule has 0 aliphatic carbocycles. The number of rotatable bonds is 5. The Hall–Kier alpha value is -2.47. The first-order chi connectivity index (χ1) is 12.6. The van der Waals surface area contributed by atoms with Gasteiger partial charge in [-0.2, -0.15) is 0 Å². The van der Waals surface area contributed by atoms with Crippen LogP contribution in [0.4, 0.5) is 19.3 Å². The van der Waals surface area contributed by atoms with Gasteiger partial charge in [0.15, 0.2) is 0 Å². The van der Waals surface area contributed by atoms with Gasteiger partial charge in [-0.1, -0.05) is 30.7 Å². The van der Waals surface area contributed by atoms with Crippen LogP contribution in [0.1, 0.15) is 30.4 Å². The first-order valence-corrected chi connectivity index (χ1v) is 8.91. The third-order valence-electron chi connectivity index (χ3n) is 4.58. The van der Waals surface area contributed by atoms with Crippen molar-refractivity contribution in [2.75, 3.05) is 18.4 Å². The highest BCUT2D eigenvalue weighted by Crippen LogP contribution is 2.17. The fourth-order valence-corrected chi connectivity index (χ4v) is 3.18. The molecule has 3 rings (SSSR count). The minimum atomic E-state index is -0.800. The van der Waals surface area contributed by atoms with Crippen molar-refractivity contribution in [3.63, 3.8) is 0 Å². The van der Waals surface area contributed by atoms with Gasteiger partial charge >= 0.3 is 6.03 Å². The summed E-state index contributed by atoms with van der Waals surface area (Å²) in [6.07, 6.45) is 3.75. The van der Waals surface area contributed by atoms with E-state index in [-0.39, 0.29) is 5.69 Å². The lowest BCUT2D eigenvalue weighted by molar-refractivity contribution is 0.220. The molecule has 138 valence electrons. The minimum absolute atomic E-state index is 0.0505. The molecule has 26 heavy (non-hydrogen) atoms. The zero-order chi connectivity index (χ0) is 18.4. The van der Waals surface area contributed by atoms with Gasteiger partial charge < -0.3 is 10.6 Å². The highest BCUT2D eigenvalue weighted by molar-refractivity contribution is 5.89. The normalized spacial score (nSPS) is 14.8. The second-order valence-corrected chi connectivity index (χ2v) is 6.54. The monoisotopic (exact) mass is 359 g/mol. The highest BCUT2D eigenvalue weighted by atomic mass is 19.1. The Kier molecular flexibility index (Phi) is 6.17. The van der Waals surface area contributed by atoms with E-state index in [1.54, 1.807) is 0 Å². The van der Waals surface area contributed by atoms with Crippen molar-refractivity contribution in [3.05, 3.63) is 65.2 Å². The Morgan fingerprint density at radius 2 is 1.73 bits per heavy atom. The van der Waals surface area contributed by atoms with E-state index in [1.807, 2.05) is 18.2 Å². The molecule has 6 heteroatoms.